The van der Waals surface area contributed by atoms with Crippen molar-refractivity contribution in [1.29, 1.82) is 0 Å². The van der Waals surface area contributed by atoms with E-state index in [4.69, 9.17) is 12.2 Å². The molecule has 3 aromatic rings. The molecule has 0 spiro atoms. The smallest absolute Gasteiger partial charge is 0.255 e. The van der Waals surface area contributed by atoms with Crippen LogP contribution in [-0.4, -0.2) is 15.5 Å². The number of aromatic nitrogens is 2. The summed E-state index contributed by atoms with van der Waals surface area (Å²) in [4.78, 5) is 15.5. The largest absolute Gasteiger partial charge is 0.337 e. The van der Waals surface area contributed by atoms with Crippen LogP contribution in [0.3, 0.4) is 0 Å². The molecule has 116 valence electrons. The lowest BCUT2D eigenvalue weighted by Gasteiger charge is -2.11. The van der Waals surface area contributed by atoms with E-state index >= 15 is 0 Å². The van der Waals surface area contributed by atoms with Crippen LogP contribution in [0.4, 0.5) is 5.69 Å². The third-order valence-electron chi connectivity index (χ3n) is 3.88. The Kier molecular flexibility index (Phi) is 4.12. The molecule has 0 aliphatic rings. The van der Waals surface area contributed by atoms with Crippen LogP contribution in [0.25, 0.3) is 5.69 Å². The Hall–Kier alpha value is -2.66. The van der Waals surface area contributed by atoms with E-state index in [9.17, 15) is 4.79 Å². The zero-order valence-electron chi connectivity index (χ0n) is 13.0. The van der Waals surface area contributed by atoms with Crippen LogP contribution in [0.5, 0.6) is 0 Å². The van der Waals surface area contributed by atoms with Gasteiger partial charge in [-0.2, -0.15) is 0 Å². The molecule has 23 heavy (non-hydrogen) atoms. The van der Waals surface area contributed by atoms with Crippen LogP contribution in [0, 0.1) is 18.6 Å². The van der Waals surface area contributed by atoms with Crippen molar-refractivity contribution in [2.75, 3.05) is 5.32 Å². The number of rotatable bonds is 3. The van der Waals surface area contributed by atoms with Crippen LogP contribution < -0.4 is 5.32 Å². The minimum absolute atomic E-state index is 0.110. The molecule has 3 rings (SSSR count). The van der Waals surface area contributed by atoms with Gasteiger partial charge in [-0.05, 0) is 61.5 Å². The van der Waals surface area contributed by atoms with Gasteiger partial charge in [0, 0.05) is 29.3 Å². The number of benzene rings is 2. The van der Waals surface area contributed by atoms with Gasteiger partial charge in [-0.15, -0.1) is 0 Å². The molecule has 2 N–H and O–H groups in total. The molecule has 0 fully saturated rings. The second-order valence-corrected chi connectivity index (χ2v) is 5.77. The number of amides is 1. The van der Waals surface area contributed by atoms with E-state index in [1.807, 2.05) is 67.1 Å². The van der Waals surface area contributed by atoms with Crippen LogP contribution in [0.15, 0.2) is 54.9 Å². The molecular formula is C18H17N3OS. The van der Waals surface area contributed by atoms with Crippen LogP contribution in [-0.2, 0) is 0 Å². The minimum Gasteiger partial charge on any atom is -0.337 e. The zero-order valence-corrected chi connectivity index (χ0v) is 13.8. The molecule has 0 saturated carbocycles. The van der Waals surface area contributed by atoms with Gasteiger partial charge >= 0.3 is 0 Å². The summed E-state index contributed by atoms with van der Waals surface area (Å²) in [7, 11) is 0. The highest BCUT2D eigenvalue weighted by atomic mass is 32.1. The van der Waals surface area contributed by atoms with Crippen molar-refractivity contribution >= 4 is 23.8 Å². The maximum absolute atomic E-state index is 12.5. The monoisotopic (exact) mass is 323 g/mol. The molecule has 1 amide bonds. The van der Waals surface area contributed by atoms with Gasteiger partial charge in [0.15, 0.2) is 4.77 Å². The lowest BCUT2D eigenvalue weighted by atomic mass is 10.0. The molecule has 0 atom stereocenters. The van der Waals surface area contributed by atoms with E-state index < -0.39 is 0 Å². The lowest BCUT2D eigenvalue weighted by Crippen LogP contribution is -2.14. The normalized spacial score (nSPS) is 10.5. The number of H-pyrrole nitrogens is 1. The van der Waals surface area contributed by atoms with Gasteiger partial charge in [0.25, 0.3) is 5.91 Å². The fourth-order valence-corrected chi connectivity index (χ4v) is 2.69. The number of hydrogen-bond donors (Lipinski definition) is 2. The van der Waals surface area contributed by atoms with Crippen molar-refractivity contribution in [2.24, 2.45) is 0 Å². The Labute approximate surface area is 139 Å². The number of carbonyl (C=O) groups excluding carboxylic acids is 1. The third-order valence-corrected chi connectivity index (χ3v) is 4.20. The number of hydrogen-bond acceptors (Lipinski definition) is 2. The molecule has 0 aliphatic carbocycles. The Balaban J connectivity index is 1.89. The van der Waals surface area contributed by atoms with E-state index in [1.165, 1.54) is 0 Å². The van der Waals surface area contributed by atoms with Crippen LogP contribution >= 0.6 is 12.2 Å². The highest BCUT2D eigenvalue weighted by Gasteiger charge is 2.10. The fraction of sp³-hybridized carbons (Fsp3) is 0.111. The number of nitrogens with one attached hydrogen (secondary N) is 2. The Morgan fingerprint density at radius 1 is 1.17 bits per heavy atom. The van der Waals surface area contributed by atoms with E-state index in [1.54, 1.807) is 6.20 Å². The molecule has 5 heteroatoms. The van der Waals surface area contributed by atoms with Gasteiger partial charge in [-0.3, -0.25) is 9.36 Å². The predicted octanol–water partition coefficient (Wildman–Crippen LogP) is 4.40. The van der Waals surface area contributed by atoms with E-state index in [2.05, 4.69) is 10.3 Å². The number of imidazole rings is 1. The number of aromatic amines is 1. The topological polar surface area (TPSA) is 49.8 Å². The molecule has 0 radical (unpaired) electrons. The van der Waals surface area contributed by atoms with Crippen molar-refractivity contribution in [3.63, 3.8) is 0 Å². The van der Waals surface area contributed by atoms with Gasteiger partial charge in [-0.25, -0.2) is 0 Å². The van der Waals surface area contributed by atoms with Crippen molar-refractivity contribution in [1.82, 2.24) is 9.55 Å². The summed E-state index contributed by atoms with van der Waals surface area (Å²) in [6, 6.07) is 13.3. The molecule has 4 nitrogen and oxygen atoms in total. The van der Waals surface area contributed by atoms with Gasteiger partial charge in [-0.1, -0.05) is 18.2 Å². The molecule has 0 aliphatic heterocycles. The Morgan fingerprint density at radius 3 is 2.70 bits per heavy atom. The second-order valence-electron chi connectivity index (χ2n) is 5.39. The summed E-state index contributed by atoms with van der Waals surface area (Å²) >= 11 is 5.23. The zero-order chi connectivity index (χ0) is 16.4. The van der Waals surface area contributed by atoms with Crippen LogP contribution in [0.1, 0.15) is 21.5 Å². The third kappa shape index (κ3) is 3.10. The minimum atomic E-state index is -0.110. The number of aryl methyl sites for hydroxylation is 1. The van der Waals surface area contributed by atoms with E-state index in [0.717, 1.165) is 22.5 Å². The number of carbonyl (C=O) groups is 1. The van der Waals surface area contributed by atoms with Crippen molar-refractivity contribution in [3.05, 3.63) is 76.3 Å². The molecule has 0 unspecified atom stereocenters. The molecule has 0 saturated heterocycles. The molecular weight excluding hydrogens is 306 g/mol. The first-order valence-electron chi connectivity index (χ1n) is 7.30. The van der Waals surface area contributed by atoms with Gasteiger partial charge in [0.05, 0.1) is 0 Å². The summed E-state index contributed by atoms with van der Waals surface area (Å²) in [6.07, 6.45) is 3.64. The maximum Gasteiger partial charge on any atom is 0.255 e. The van der Waals surface area contributed by atoms with E-state index in [-0.39, 0.29) is 5.91 Å². The standard InChI is InChI=1S/C18H17N3OS/c1-12-5-3-8-16(13(12)2)17(22)20-14-6-4-7-15(11-14)21-10-9-19-18(21)23/h3-11H,1-2H3,(H,19,23)(H,20,22). The summed E-state index contributed by atoms with van der Waals surface area (Å²) < 4.78 is 2.46. The Morgan fingerprint density at radius 2 is 1.96 bits per heavy atom. The quantitative estimate of drug-likeness (QED) is 0.702. The molecule has 2 aromatic carbocycles. The maximum atomic E-state index is 12.5. The van der Waals surface area contributed by atoms with Gasteiger partial charge < -0.3 is 10.3 Å². The highest BCUT2D eigenvalue weighted by Crippen LogP contribution is 2.18. The average molecular weight is 323 g/mol. The van der Waals surface area contributed by atoms with Crippen molar-refractivity contribution in [2.45, 2.75) is 13.8 Å². The Bertz CT molecular complexity index is 924. The number of anilines is 1. The van der Waals surface area contributed by atoms with E-state index in [0.29, 0.717) is 10.3 Å². The van der Waals surface area contributed by atoms with Gasteiger partial charge in [0.1, 0.15) is 0 Å². The highest BCUT2D eigenvalue weighted by molar-refractivity contribution is 7.71. The number of nitrogens with zero attached hydrogens (tertiary/aromatic N) is 1. The molecule has 1 heterocycles. The first-order chi connectivity index (χ1) is 11.1. The summed E-state index contributed by atoms with van der Waals surface area (Å²) in [5.74, 6) is -0.110. The average Bonchev–Trinajstić information content (AvgIpc) is 2.96. The first-order valence-corrected chi connectivity index (χ1v) is 7.71. The van der Waals surface area contributed by atoms with Crippen molar-refractivity contribution < 1.29 is 4.79 Å². The lowest BCUT2D eigenvalue weighted by molar-refractivity contribution is 0.102. The SMILES string of the molecule is Cc1cccc(C(=O)Nc2cccc(-n3cc[nH]c3=S)c2)c1C. The second kappa shape index (κ2) is 6.22. The summed E-state index contributed by atoms with van der Waals surface area (Å²) in [5.41, 5.74) is 4.42. The fourth-order valence-electron chi connectivity index (χ4n) is 2.45. The summed E-state index contributed by atoms with van der Waals surface area (Å²) in [6.45, 7) is 3.96. The molecule has 1 aromatic heterocycles. The van der Waals surface area contributed by atoms with Crippen LogP contribution in [0.2, 0.25) is 0 Å². The van der Waals surface area contributed by atoms with Crippen molar-refractivity contribution in [3.8, 4) is 5.69 Å². The van der Waals surface area contributed by atoms with Gasteiger partial charge in [0.2, 0.25) is 0 Å². The summed E-state index contributed by atoms with van der Waals surface area (Å²) in [5, 5.41) is 2.95. The predicted molar refractivity (Wildman–Crippen MR) is 94.8 cm³/mol. The first kappa shape index (κ1) is 15.2. The molecule has 0 bridgehead atoms.